The number of anilines is 2. The zero-order valence-electron chi connectivity index (χ0n) is 12.4. The van der Waals surface area contributed by atoms with Crippen molar-refractivity contribution >= 4 is 39.0 Å². The molecule has 0 aliphatic carbocycles. The Balaban J connectivity index is 1.91. The van der Waals surface area contributed by atoms with Crippen LogP contribution in [0.5, 0.6) is 0 Å². The van der Waals surface area contributed by atoms with Crippen LogP contribution in [0.25, 0.3) is 0 Å². The molecule has 22 heavy (non-hydrogen) atoms. The van der Waals surface area contributed by atoms with E-state index in [9.17, 15) is 9.59 Å². The number of carbonyl (C=O) groups is 2. The Hall–Kier alpha value is -2.14. The molecule has 0 saturated carbocycles. The summed E-state index contributed by atoms with van der Waals surface area (Å²) in [6.07, 6.45) is 0. The molecule has 114 valence electrons. The van der Waals surface area contributed by atoms with Gasteiger partial charge in [0.25, 0.3) is 0 Å². The van der Waals surface area contributed by atoms with Crippen LogP contribution >= 0.6 is 15.9 Å². The summed E-state index contributed by atoms with van der Waals surface area (Å²) in [5.74, 6) is -0.101. The van der Waals surface area contributed by atoms with Gasteiger partial charge in [-0.15, -0.1) is 0 Å². The predicted molar refractivity (Wildman–Crippen MR) is 92.4 cm³/mol. The van der Waals surface area contributed by atoms with Crippen LogP contribution in [0, 0.1) is 6.92 Å². The number of ketones is 1. The van der Waals surface area contributed by atoms with E-state index in [0.29, 0.717) is 5.56 Å². The van der Waals surface area contributed by atoms with Gasteiger partial charge < -0.3 is 10.6 Å². The minimum absolute atomic E-state index is 0.0232. The maximum Gasteiger partial charge on any atom is 0.243 e. The third-order valence-corrected chi connectivity index (χ3v) is 3.70. The highest BCUT2D eigenvalue weighted by molar-refractivity contribution is 9.10. The molecule has 0 aliphatic rings. The Bertz CT molecular complexity index is 696. The number of benzene rings is 2. The third kappa shape index (κ3) is 4.43. The summed E-state index contributed by atoms with van der Waals surface area (Å²) in [6, 6.07) is 12.7. The molecular weight excluding hydrogens is 344 g/mol. The summed E-state index contributed by atoms with van der Waals surface area (Å²) in [5, 5.41) is 5.89. The lowest BCUT2D eigenvalue weighted by molar-refractivity contribution is -0.114. The van der Waals surface area contributed by atoms with Crippen LogP contribution in [0.15, 0.2) is 46.9 Å². The van der Waals surface area contributed by atoms with Gasteiger partial charge in [-0.25, -0.2) is 0 Å². The maximum atomic E-state index is 12.0. The van der Waals surface area contributed by atoms with E-state index in [1.54, 1.807) is 24.3 Å². The molecule has 0 spiro atoms. The van der Waals surface area contributed by atoms with Crippen LogP contribution in [0.4, 0.5) is 11.4 Å². The van der Waals surface area contributed by atoms with Crippen LogP contribution < -0.4 is 10.6 Å². The van der Waals surface area contributed by atoms with Gasteiger partial charge in [-0.3, -0.25) is 9.59 Å². The summed E-state index contributed by atoms with van der Waals surface area (Å²) < 4.78 is 0.978. The Morgan fingerprint density at radius 2 is 1.77 bits per heavy atom. The van der Waals surface area contributed by atoms with E-state index < -0.39 is 0 Å². The number of amides is 1. The summed E-state index contributed by atoms with van der Waals surface area (Å²) in [6.45, 7) is 3.62. The molecule has 0 aliphatic heterocycles. The maximum absolute atomic E-state index is 12.0. The van der Waals surface area contributed by atoms with E-state index >= 15 is 0 Å². The van der Waals surface area contributed by atoms with Crippen LogP contribution in [-0.4, -0.2) is 18.2 Å². The first-order valence-electron chi connectivity index (χ1n) is 6.86. The minimum atomic E-state index is -0.124. The minimum Gasteiger partial charge on any atom is -0.376 e. The molecule has 0 aromatic heterocycles. The molecule has 5 heteroatoms. The Labute approximate surface area is 138 Å². The van der Waals surface area contributed by atoms with Gasteiger partial charge in [0.2, 0.25) is 5.91 Å². The molecule has 2 N–H and O–H groups in total. The molecular formula is C17H17BrN2O2. The van der Waals surface area contributed by atoms with E-state index in [2.05, 4.69) is 26.6 Å². The highest BCUT2D eigenvalue weighted by atomic mass is 79.9. The second-order valence-electron chi connectivity index (χ2n) is 4.99. The second kappa shape index (κ2) is 7.22. The molecule has 0 unspecified atom stereocenters. The van der Waals surface area contributed by atoms with Crippen molar-refractivity contribution in [1.29, 1.82) is 0 Å². The fourth-order valence-corrected chi connectivity index (χ4v) is 2.44. The van der Waals surface area contributed by atoms with Gasteiger partial charge in [0.15, 0.2) is 5.78 Å². The molecule has 4 nitrogen and oxygen atoms in total. The van der Waals surface area contributed by atoms with E-state index in [-0.39, 0.29) is 18.2 Å². The van der Waals surface area contributed by atoms with Crippen molar-refractivity contribution < 1.29 is 9.59 Å². The molecule has 1 amide bonds. The van der Waals surface area contributed by atoms with Crippen LogP contribution in [-0.2, 0) is 4.79 Å². The molecule has 0 fully saturated rings. The second-order valence-corrected chi connectivity index (χ2v) is 5.91. The number of rotatable bonds is 5. The number of Topliss-reactive ketones (excluding diaryl/α,β-unsaturated/α-hetero) is 1. The number of nitrogens with one attached hydrogen (secondary N) is 2. The van der Waals surface area contributed by atoms with Gasteiger partial charge in [-0.1, -0.05) is 15.9 Å². The van der Waals surface area contributed by atoms with Crippen LogP contribution in [0.1, 0.15) is 22.8 Å². The highest BCUT2D eigenvalue weighted by Gasteiger charge is 2.05. The average Bonchev–Trinajstić information content (AvgIpc) is 2.48. The zero-order chi connectivity index (χ0) is 16.1. The average molecular weight is 361 g/mol. The van der Waals surface area contributed by atoms with Gasteiger partial charge in [0.05, 0.1) is 6.54 Å². The molecule has 0 radical (unpaired) electrons. The lowest BCUT2D eigenvalue weighted by Crippen LogP contribution is -2.22. The SMILES string of the molecule is CC(=O)c1ccc(NCC(=O)Nc2ccc(Br)cc2C)cc1. The van der Waals surface area contributed by atoms with E-state index in [1.807, 2.05) is 25.1 Å². The number of aryl methyl sites for hydroxylation is 1. The zero-order valence-corrected chi connectivity index (χ0v) is 14.0. The van der Waals surface area contributed by atoms with Gasteiger partial charge in [0.1, 0.15) is 0 Å². The van der Waals surface area contributed by atoms with Crippen molar-refractivity contribution in [3.05, 3.63) is 58.1 Å². The number of carbonyl (C=O) groups excluding carboxylic acids is 2. The van der Waals surface area contributed by atoms with Gasteiger partial charge in [-0.2, -0.15) is 0 Å². The summed E-state index contributed by atoms with van der Waals surface area (Å²) in [5.41, 5.74) is 3.24. The topological polar surface area (TPSA) is 58.2 Å². The molecule has 0 bridgehead atoms. The van der Waals surface area contributed by atoms with Crippen LogP contribution in [0.3, 0.4) is 0 Å². The lowest BCUT2D eigenvalue weighted by Gasteiger charge is -2.10. The predicted octanol–water partition coefficient (Wildman–Crippen LogP) is 4.01. The standard InChI is InChI=1S/C17H17BrN2O2/c1-11-9-14(18)5-8-16(11)20-17(22)10-19-15-6-3-13(4-7-15)12(2)21/h3-9,19H,10H2,1-2H3,(H,20,22). The highest BCUT2D eigenvalue weighted by Crippen LogP contribution is 2.20. The molecule has 0 heterocycles. The van der Waals surface area contributed by atoms with E-state index in [4.69, 9.17) is 0 Å². The van der Waals surface area contributed by atoms with E-state index in [1.165, 1.54) is 6.92 Å². The Kier molecular flexibility index (Phi) is 5.33. The largest absolute Gasteiger partial charge is 0.376 e. The van der Waals surface area contributed by atoms with E-state index in [0.717, 1.165) is 21.4 Å². The summed E-state index contributed by atoms with van der Waals surface area (Å²) in [7, 11) is 0. The van der Waals surface area contributed by atoms with Crippen molar-refractivity contribution in [2.75, 3.05) is 17.2 Å². The smallest absolute Gasteiger partial charge is 0.243 e. The van der Waals surface area contributed by atoms with Crippen LogP contribution in [0.2, 0.25) is 0 Å². The van der Waals surface area contributed by atoms with Crippen molar-refractivity contribution in [2.45, 2.75) is 13.8 Å². The first kappa shape index (κ1) is 16.2. The summed E-state index contributed by atoms with van der Waals surface area (Å²) >= 11 is 3.39. The number of halogens is 1. The fourth-order valence-electron chi connectivity index (χ4n) is 1.97. The monoisotopic (exact) mass is 360 g/mol. The fraction of sp³-hybridized carbons (Fsp3) is 0.176. The number of hydrogen-bond acceptors (Lipinski definition) is 3. The molecule has 2 aromatic carbocycles. The first-order chi connectivity index (χ1) is 10.5. The quantitative estimate of drug-likeness (QED) is 0.792. The summed E-state index contributed by atoms with van der Waals surface area (Å²) in [4.78, 5) is 23.2. The van der Waals surface area contributed by atoms with Crippen molar-refractivity contribution in [2.24, 2.45) is 0 Å². The Morgan fingerprint density at radius 3 is 2.36 bits per heavy atom. The lowest BCUT2D eigenvalue weighted by atomic mass is 10.1. The third-order valence-electron chi connectivity index (χ3n) is 3.21. The molecule has 2 aromatic rings. The van der Waals surface area contributed by atoms with Gasteiger partial charge >= 0.3 is 0 Å². The molecule has 0 atom stereocenters. The Morgan fingerprint density at radius 1 is 1.09 bits per heavy atom. The molecule has 0 saturated heterocycles. The van der Waals surface area contributed by atoms with Crippen molar-refractivity contribution in [1.82, 2.24) is 0 Å². The normalized spacial score (nSPS) is 10.1. The van der Waals surface area contributed by atoms with Crippen molar-refractivity contribution in [3.63, 3.8) is 0 Å². The first-order valence-corrected chi connectivity index (χ1v) is 7.66. The van der Waals surface area contributed by atoms with Gasteiger partial charge in [-0.05, 0) is 61.9 Å². The number of hydrogen-bond donors (Lipinski definition) is 2. The molecule has 2 rings (SSSR count). The van der Waals surface area contributed by atoms with Gasteiger partial charge in [0, 0.05) is 21.4 Å². The van der Waals surface area contributed by atoms with Crippen molar-refractivity contribution in [3.8, 4) is 0 Å².